The molecule has 2 aromatic carbocycles. The van der Waals surface area contributed by atoms with Crippen molar-refractivity contribution in [2.24, 2.45) is 0 Å². The monoisotopic (exact) mass is 313 g/mol. The molecule has 5 heteroatoms. The maximum Gasteiger partial charge on any atom is 0.226 e. The molecule has 0 N–H and O–H groups in total. The molecule has 0 fully saturated rings. The fraction of sp³-hybridized carbons (Fsp3) is 0.118. The van der Waals surface area contributed by atoms with Gasteiger partial charge in [-0.1, -0.05) is 29.8 Å². The van der Waals surface area contributed by atoms with Crippen molar-refractivity contribution < 1.29 is 12.8 Å². The van der Waals surface area contributed by atoms with Crippen LogP contribution in [0.3, 0.4) is 0 Å². The summed E-state index contributed by atoms with van der Waals surface area (Å²) >= 11 is 0. The molecule has 0 aliphatic carbocycles. The number of nitrogens with zero attached hydrogens (tertiary/aromatic N) is 1. The van der Waals surface area contributed by atoms with Gasteiger partial charge in [0.25, 0.3) is 0 Å². The highest BCUT2D eigenvalue weighted by molar-refractivity contribution is 7.90. The second-order valence-corrected chi connectivity index (χ2v) is 7.21. The molecule has 0 unspecified atom stereocenters. The van der Waals surface area contributed by atoms with Gasteiger partial charge in [0.2, 0.25) is 5.89 Å². The Morgan fingerprint density at radius 1 is 0.909 bits per heavy atom. The summed E-state index contributed by atoms with van der Waals surface area (Å²) in [5.74, 6) is 1.15. The van der Waals surface area contributed by atoms with E-state index in [9.17, 15) is 8.42 Å². The molecule has 0 bridgehead atoms. The van der Waals surface area contributed by atoms with E-state index in [4.69, 9.17) is 4.42 Å². The number of rotatable bonds is 3. The number of hydrogen-bond donors (Lipinski definition) is 0. The Balaban J connectivity index is 1.92. The van der Waals surface area contributed by atoms with Crippen molar-refractivity contribution in [2.75, 3.05) is 6.26 Å². The quantitative estimate of drug-likeness (QED) is 0.739. The fourth-order valence-corrected chi connectivity index (χ4v) is 2.73. The van der Waals surface area contributed by atoms with Crippen molar-refractivity contribution in [3.05, 3.63) is 60.3 Å². The lowest BCUT2D eigenvalue weighted by Gasteiger charge is -2.00. The standard InChI is InChI=1S/C17H15NO3S/c1-12-3-5-13(6-4-12)16-11-18-17(21-16)14-7-9-15(10-8-14)22(2,19)20/h3-11H,1-2H3. The third-order valence-corrected chi connectivity index (χ3v) is 4.50. The Kier molecular flexibility index (Phi) is 3.58. The highest BCUT2D eigenvalue weighted by Crippen LogP contribution is 2.26. The molecule has 0 radical (unpaired) electrons. The van der Waals surface area contributed by atoms with Crippen LogP contribution in [0.2, 0.25) is 0 Å². The molecule has 22 heavy (non-hydrogen) atoms. The average molecular weight is 313 g/mol. The van der Waals surface area contributed by atoms with E-state index in [2.05, 4.69) is 4.98 Å². The summed E-state index contributed by atoms with van der Waals surface area (Å²) in [6.07, 6.45) is 2.85. The zero-order valence-corrected chi connectivity index (χ0v) is 13.1. The molecule has 0 saturated carbocycles. The minimum atomic E-state index is -3.19. The summed E-state index contributed by atoms with van der Waals surface area (Å²) in [6.45, 7) is 2.03. The number of benzene rings is 2. The number of oxazole rings is 1. The van der Waals surface area contributed by atoms with E-state index < -0.39 is 9.84 Å². The van der Waals surface area contributed by atoms with Gasteiger partial charge in [0.05, 0.1) is 11.1 Å². The maximum absolute atomic E-state index is 11.5. The largest absolute Gasteiger partial charge is 0.436 e. The van der Waals surface area contributed by atoms with Crippen molar-refractivity contribution in [1.82, 2.24) is 4.98 Å². The topological polar surface area (TPSA) is 60.2 Å². The zero-order valence-electron chi connectivity index (χ0n) is 12.3. The number of aromatic nitrogens is 1. The van der Waals surface area contributed by atoms with Crippen LogP contribution in [-0.4, -0.2) is 19.7 Å². The molecule has 4 nitrogen and oxygen atoms in total. The Bertz CT molecular complexity index is 892. The van der Waals surface area contributed by atoms with Gasteiger partial charge in [-0.2, -0.15) is 0 Å². The maximum atomic E-state index is 11.5. The van der Waals surface area contributed by atoms with Crippen LogP contribution in [0.5, 0.6) is 0 Å². The molecule has 0 aliphatic rings. The summed E-state index contributed by atoms with van der Waals surface area (Å²) in [6, 6.07) is 14.5. The van der Waals surface area contributed by atoms with Gasteiger partial charge < -0.3 is 4.42 Å². The van der Waals surface area contributed by atoms with Crippen molar-refractivity contribution in [1.29, 1.82) is 0 Å². The third-order valence-electron chi connectivity index (χ3n) is 3.37. The van der Waals surface area contributed by atoms with Crippen LogP contribution in [-0.2, 0) is 9.84 Å². The number of hydrogen-bond acceptors (Lipinski definition) is 4. The van der Waals surface area contributed by atoms with Crippen LogP contribution >= 0.6 is 0 Å². The van der Waals surface area contributed by atoms with Gasteiger partial charge >= 0.3 is 0 Å². The van der Waals surface area contributed by atoms with Gasteiger partial charge in [0, 0.05) is 17.4 Å². The van der Waals surface area contributed by atoms with E-state index in [0.29, 0.717) is 11.7 Å². The summed E-state index contributed by atoms with van der Waals surface area (Å²) in [4.78, 5) is 4.54. The highest BCUT2D eigenvalue weighted by Gasteiger charge is 2.11. The van der Waals surface area contributed by atoms with Gasteiger partial charge in [0.15, 0.2) is 15.6 Å². The fourth-order valence-electron chi connectivity index (χ4n) is 2.10. The Labute approximate surface area is 129 Å². The lowest BCUT2D eigenvalue weighted by Crippen LogP contribution is -1.96. The van der Waals surface area contributed by atoms with Crippen LogP contribution < -0.4 is 0 Å². The van der Waals surface area contributed by atoms with Crippen LogP contribution in [0, 0.1) is 6.92 Å². The van der Waals surface area contributed by atoms with Gasteiger partial charge in [-0.3, -0.25) is 0 Å². The van der Waals surface area contributed by atoms with E-state index in [1.54, 1.807) is 30.5 Å². The molecule has 1 aromatic heterocycles. The lowest BCUT2D eigenvalue weighted by atomic mass is 10.1. The third kappa shape index (κ3) is 2.94. The summed E-state index contributed by atoms with van der Waals surface area (Å²) < 4.78 is 28.7. The molecule has 0 aliphatic heterocycles. The molecule has 112 valence electrons. The lowest BCUT2D eigenvalue weighted by molar-refractivity contribution is 0.588. The van der Waals surface area contributed by atoms with Gasteiger partial charge in [-0.25, -0.2) is 13.4 Å². The summed E-state index contributed by atoms with van der Waals surface area (Å²) in [5, 5.41) is 0. The van der Waals surface area contributed by atoms with Crippen molar-refractivity contribution >= 4 is 9.84 Å². The smallest absolute Gasteiger partial charge is 0.226 e. The molecule has 0 spiro atoms. The second-order valence-electron chi connectivity index (χ2n) is 5.19. The van der Waals surface area contributed by atoms with Gasteiger partial charge in [0.1, 0.15) is 0 Å². The molecule has 0 atom stereocenters. The van der Waals surface area contributed by atoms with E-state index in [1.807, 2.05) is 31.2 Å². The Morgan fingerprint density at radius 3 is 2.09 bits per heavy atom. The van der Waals surface area contributed by atoms with E-state index in [0.717, 1.165) is 11.1 Å². The Hall–Kier alpha value is -2.40. The first-order valence-corrected chi connectivity index (χ1v) is 8.66. The predicted molar refractivity (Wildman–Crippen MR) is 85.2 cm³/mol. The molecule has 3 rings (SSSR count). The van der Waals surface area contributed by atoms with Gasteiger partial charge in [-0.05, 0) is 31.2 Å². The molecular weight excluding hydrogens is 298 g/mol. The molecule has 0 amide bonds. The number of sulfone groups is 1. The molecule has 3 aromatic rings. The molecule has 1 heterocycles. The summed E-state index contributed by atoms with van der Waals surface area (Å²) in [7, 11) is -3.19. The molecular formula is C17H15NO3S. The van der Waals surface area contributed by atoms with Crippen molar-refractivity contribution in [2.45, 2.75) is 11.8 Å². The zero-order chi connectivity index (χ0) is 15.7. The summed E-state index contributed by atoms with van der Waals surface area (Å²) in [5.41, 5.74) is 2.88. The average Bonchev–Trinajstić information content (AvgIpc) is 2.97. The first-order valence-electron chi connectivity index (χ1n) is 6.77. The van der Waals surface area contributed by atoms with Crippen LogP contribution in [0.15, 0.2) is 64.0 Å². The minimum Gasteiger partial charge on any atom is -0.436 e. The van der Waals surface area contributed by atoms with E-state index in [1.165, 1.54) is 11.8 Å². The second kappa shape index (κ2) is 5.42. The van der Waals surface area contributed by atoms with Crippen molar-refractivity contribution in [3.63, 3.8) is 0 Å². The minimum absolute atomic E-state index is 0.279. The Morgan fingerprint density at radius 2 is 1.50 bits per heavy atom. The van der Waals surface area contributed by atoms with Gasteiger partial charge in [-0.15, -0.1) is 0 Å². The highest BCUT2D eigenvalue weighted by atomic mass is 32.2. The van der Waals surface area contributed by atoms with E-state index in [-0.39, 0.29) is 4.90 Å². The number of aryl methyl sites for hydroxylation is 1. The van der Waals surface area contributed by atoms with Crippen LogP contribution in [0.1, 0.15) is 5.56 Å². The SMILES string of the molecule is Cc1ccc(-c2cnc(-c3ccc(S(C)(=O)=O)cc3)o2)cc1. The van der Waals surface area contributed by atoms with E-state index >= 15 is 0 Å². The molecule has 0 saturated heterocycles. The van der Waals surface area contributed by atoms with Crippen LogP contribution in [0.25, 0.3) is 22.8 Å². The first-order chi connectivity index (χ1) is 10.4. The normalized spacial score (nSPS) is 11.5. The first kappa shape index (κ1) is 14.5. The van der Waals surface area contributed by atoms with Crippen molar-refractivity contribution in [3.8, 4) is 22.8 Å². The predicted octanol–water partition coefficient (Wildman–Crippen LogP) is 3.72. The van der Waals surface area contributed by atoms with Crippen LogP contribution in [0.4, 0.5) is 0 Å².